The van der Waals surface area contributed by atoms with Gasteiger partial charge in [0.2, 0.25) is 11.2 Å². The molecule has 2 nitrogen and oxygen atoms in total. The number of H-pyrrole nitrogens is 1. The third kappa shape index (κ3) is 2.87. The highest BCUT2D eigenvalue weighted by molar-refractivity contribution is 5.77. The molecule has 2 heterocycles. The van der Waals surface area contributed by atoms with Crippen molar-refractivity contribution >= 4 is 23.1 Å². The van der Waals surface area contributed by atoms with Crippen molar-refractivity contribution in [1.82, 2.24) is 4.98 Å². The van der Waals surface area contributed by atoms with Crippen LogP contribution >= 0.6 is 0 Å². The standard InChI is InChI=1S/C16H14N2.HI/c1-18-15(8-6-13-10-11-17-12-13)9-7-14-4-2-3-5-16(14)18;/h2-12H,1H3;1H. The molecule has 0 atom stereocenters. The van der Waals surface area contributed by atoms with Crippen LogP contribution in [-0.2, 0) is 7.05 Å². The molecular weight excluding hydrogens is 347 g/mol. The minimum atomic E-state index is 0. The molecule has 1 aromatic carbocycles. The van der Waals surface area contributed by atoms with E-state index in [2.05, 4.69) is 71.2 Å². The summed E-state index contributed by atoms with van der Waals surface area (Å²) in [6.07, 6.45) is 8.16. The maximum atomic E-state index is 3.05. The van der Waals surface area contributed by atoms with E-state index in [0.717, 1.165) is 0 Å². The lowest BCUT2D eigenvalue weighted by Gasteiger charge is -1.99. The van der Waals surface area contributed by atoms with Gasteiger partial charge in [0.25, 0.3) is 0 Å². The largest absolute Gasteiger partial charge is 1.00 e. The molecule has 2 aromatic heterocycles. The molecule has 0 saturated heterocycles. The minimum Gasteiger partial charge on any atom is -1.00 e. The number of fused-ring (bicyclic) bond motifs is 1. The van der Waals surface area contributed by atoms with Crippen LogP contribution in [-0.4, -0.2) is 4.98 Å². The Kier molecular flexibility index (Phi) is 4.37. The van der Waals surface area contributed by atoms with Gasteiger partial charge in [-0.25, -0.2) is 0 Å². The summed E-state index contributed by atoms with van der Waals surface area (Å²) in [5.74, 6) is 0. The number of nitrogens with zero attached hydrogens (tertiary/aromatic N) is 1. The summed E-state index contributed by atoms with van der Waals surface area (Å²) < 4.78 is 2.21. The van der Waals surface area contributed by atoms with E-state index in [1.54, 1.807) is 0 Å². The molecule has 0 aliphatic rings. The molecule has 0 spiro atoms. The summed E-state index contributed by atoms with van der Waals surface area (Å²) in [5, 5.41) is 1.26. The first-order valence-electron chi connectivity index (χ1n) is 6.03. The van der Waals surface area contributed by atoms with Crippen LogP contribution in [0.3, 0.4) is 0 Å². The van der Waals surface area contributed by atoms with E-state index in [0.29, 0.717) is 0 Å². The van der Waals surface area contributed by atoms with Crippen LogP contribution < -0.4 is 28.5 Å². The molecule has 3 aromatic rings. The second kappa shape index (κ2) is 6.02. The monoisotopic (exact) mass is 362 g/mol. The first-order chi connectivity index (χ1) is 8.84. The molecule has 1 N–H and O–H groups in total. The SMILES string of the molecule is C[n+]1c(/C=C/c2cc[nH]c2)ccc2ccccc21.[I-]. The molecule has 0 radical (unpaired) electrons. The smallest absolute Gasteiger partial charge is 0.212 e. The quantitative estimate of drug-likeness (QED) is 0.495. The number of aromatic nitrogens is 2. The van der Waals surface area contributed by atoms with Crippen LogP contribution in [0.25, 0.3) is 23.1 Å². The van der Waals surface area contributed by atoms with Crippen molar-refractivity contribution in [3.63, 3.8) is 0 Å². The molecular formula is C16H15IN2. The number of benzene rings is 1. The number of pyridine rings is 1. The Morgan fingerprint density at radius 1 is 1.00 bits per heavy atom. The maximum Gasteiger partial charge on any atom is 0.212 e. The molecule has 0 unspecified atom stereocenters. The van der Waals surface area contributed by atoms with Crippen molar-refractivity contribution in [2.75, 3.05) is 0 Å². The van der Waals surface area contributed by atoms with E-state index >= 15 is 0 Å². The van der Waals surface area contributed by atoms with Gasteiger partial charge in [-0.15, -0.1) is 0 Å². The number of halogens is 1. The fourth-order valence-electron chi connectivity index (χ4n) is 2.15. The zero-order valence-corrected chi connectivity index (χ0v) is 12.8. The molecule has 3 rings (SSSR count). The van der Waals surface area contributed by atoms with Gasteiger partial charge in [-0.2, -0.15) is 4.57 Å². The number of aryl methyl sites for hydroxylation is 1. The number of hydrogen-bond donors (Lipinski definition) is 1. The summed E-state index contributed by atoms with van der Waals surface area (Å²) in [6, 6.07) is 14.8. The Balaban J connectivity index is 0.00000133. The van der Waals surface area contributed by atoms with E-state index in [1.807, 2.05) is 12.4 Å². The highest BCUT2D eigenvalue weighted by Crippen LogP contribution is 2.11. The molecule has 0 bridgehead atoms. The molecule has 3 heteroatoms. The van der Waals surface area contributed by atoms with Crippen LogP contribution in [0.2, 0.25) is 0 Å². The third-order valence-corrected chi connectivity index (χ3v) is 3.19. The van der Waals surface area contributed by atoms with Crippen LogP contribution in [0, 0.1) is 0 Å². The second-order valence-electron chi connectivity index (χ2n) is 4.35. The number of hydrogen-bond acceptors (Lipinski definition) is 0. The van der Waals surface area contributed by atoms with Gasteiger partial charge in [-0.3, -0.25) is 0 Å². The van der Waals surface area contributed by atoms with Gasteiger partial charge in [0.1, 0.15) is 7.05 Å². The van der Waals surface area contributed by atoms with Crippen molar-refractivity contribution in [1.29, 1.82) is 0 Å². The normalized spacial score (nSPS) is 10.8. The van der Waals surface area contributed by atoms with Crippen LogP contribution in [0.15, 0.2) is 54.9 Å². The summed E-state index contributed by atoms with van der Waals surface area (Å²) in [4.78, 5) is 3.05. The predicted octanol–water partition coefficient (Wildman–Crippen LogP) is 0.167. The Morgan fingerprint density at radius 3 is 2.63 bits per heavy atom. The average molecular weight is 362 g/mol. The number of nitrogens with one attached hydrogen (secondary N) is 1. The first kappa shape index (κ1) is 13.8. The van der Waals surface area contributed by atoms with Gasteiger partial charge >= 0.3 is 0 Å². The van der Waals surface area contributed by atoms with E-state index in [4.69, 9.17) is 0 Å². The predicted molar refractivity (Wildman–Crippen MR) is 74.8 cm³/mol. The average Bonchev–Trinajstić information content (AvgIpc) is 2.91. The van der Waals surface area contributed by atoms with Gasteiger partial charge in [0.15, 0.2) is 0 Å². The summed E-state index contributed by atoms with van der Waals surface area (Å²) in [7, 11) is 2.10. The van der Waals surface area contributed by atoms with Crippen molar-refractivity contribution < 1.29 is 28.5 Å². The molecule has 96 valence electrons. The van der Waals surface area contributed by atoms with Crippen molar-refractivity contribution in [3.05, 3.63) is 66.1 Å². The minimum absolute atomic E-state index is 0. The number of aromatic amines is 1. The van der Waals surface area contributed by atoms with Crippen LogP contribution in [0.4, 0.5) is 0 Å². The summed E-state index contributed by atoms with van der Waals surface area (Å²) in [5.41, 5.74) is 3.62. The Hall–Kier alpha value is -1.62. The lowest BCUT2D eigenvalue weighted by atomic mass is 10.2. The number of rotatable bonds is 2. The fraction of sp³-hybridized carbons (Fsp3) is 0.0625. The Bertz CT molecular complexity index is 700. The third-order valence-electron chi connectivity index (χ3n) is 3.19. The molecule has 0 aliphatic heterocycles. The highest BCUT2D eigenvalue weighted by Gasteiger charge is 2.07. The first-order valence-corrected chi connectivity index (χ1v) is 6.03. The van der Waals surface area contributed by atoms with E-state index in [9.17, 15) is 0 Å². The van der Waals surface area contributed by atoms with Crippen molar-refractivity contribution in [3.8, 4) is 0 Å². The van der Waals surface area contributed by atoms with Gasteiger partial charge in [-0.05, 0) is 29.8 Å². The maximum absolute atomic E-state index is 3.05. The zero-order chi connectivity index (χ0) is 12.4. The molecule has 0 amide bonds. The summed E-state index contributed by atoms with van der Waals surface area (Å²) >= 11 is 0. The van der Waals surface area contributed by atoms with Gasteiger partial charge in [-0.1, -0.05) is 12.1 Å². The second-order valence-corrected chi connectivity index (χ2v) is 4.35. The van der Waals surface area contributed by atoms with Crippen LogP contribution in [0.5, 0.6) is 0 Å². The van der Waals surface area contributed by atoms with Gasteiger partial charge in [0.05, 0.1) is 0 Å². The van der Waals surface area contributed by atoms with Gasteiger partial charge in [0, 0.05) is 36.0 Å². The van der Waals surface area contributed by atoms with Gasteiger partial charge < -0.3 is 29.0 Å². The van der Waals surface area contributed by atoms with Crippen molar-refractivity contribution in [2.45, 2.75) is 0 Å². The highest BCUT2D eigenvalue weighted by atomic mass is 127. The van der Waals surface area contributed by atoms with Crippen LogP contribution in [0.1, 0.15) is 11.3 Å². The van der Waals surface area contributed by atoms with Crippen molar-refractivity contribution in [2.24, 2.45) is 7.05 Å². The van der Waals surface area contributed by atoms with E-state index < -0.39 is 0 Å². The molecule has 0 aliphatic carbocycles. The lowest BCUT2D eigenvalue weighted by Crippen LogP contribution is -3.00. The topological polar surface area (TPSA) is 19.7 Å². The lowest BCUT2D eigenvalue weighted by molar-refractivity contribution is -0.646. The molecule has 19 heavy (non-hydrogen) atoms. The zero-order valence-electron chi connectivity index (χ0n) is 10.7. The molecule has 0 fully saturated rings. The fourth-order valence-corrected chi connectivity index (χ4v) is 2.15. The van der Waals surface area contributed by atoms with E-state index in [-0.39, 0.29) is 24.0 Å². The Labute approximate surface area is 129 Å². The van der Waals surface area contributed by atoms with E-state index in [1.165, 1.54) is 22.2 Å². The summed E-state index contributed by atoms with van der Waals surface area (Å²) in [6.45, 7) is 0. The molecule has 0 saturated carbocycles. The Morgan fingerprint density at radius 2 is 1.84 bits per heavy atom. The number of para-hydroxylation sites is 1.